The normalized spacial score (nSPS) is 10.6. The lowest BCUT2D eigenvalue weighted by Gasteiger charge is -2.16. The van der Waals surface area contributed by atoms with E-state index in [0.29, 0.717) is 29.8 Å². The summed E-state index contributed by atoms with van der Waals surface area (Å²) in [7, 11) is 3.13. The third-order valence-corrected chi connectivity index (χ3v) is 3.84. The highest BCUT2D eigenvalue weighted by molar-refractivity contribution is 5.91. The lowest BCUT2D eigenvalue weighted by Crippen LogP contribution is -2.30. The van der Waals surface area contributed by atoms with Gasteiger partial charge >= 0.3 is 0 Å². The molecule has 0 unspecified atom stereocenters. The molecule has 0 spiro atoms. The molecule has 0 saturated carbocycles. The molecule has 1 amide bonds. The molecule has 0 saturated heterocycles. The van der Waals surface area contributed by atoms with E-state index in [1.165, 1.54) is 6.26 Å². The lowest BCUT2D eigenvalue weighted by molar-refractivity contribution is 0.0702. The van der Waals surface area contributed by atoms with Crippen molar-refractivity contribution < 1.29 is 23.2 Å². The number of carbonyl (C=O) groups is 1. The second-order valence-electron chi connectivity index (χ2n) is 5.38. The van der Waals surface area contributed by atoms with E-state index in [-0.39, 0.29) is 18.2 Å². The van der Waals surface area contributed by atoms with Gasteiger partial charge in [0.15, 0.2) is 17.3 Å². The van der Waals surface area contributed by atoms with Crippen LogP contribution in [-0.4, -0.2) is 41.7 Å². The van der Waals surface area contributed by atoms with Crippen molar-refractivity contribution in [1.82, 2.24) is 15.0 Å². The second-order valence-corrected chi connectivity index (χ2v) is 5.38. The molecule has 3 rings (SSSR count). The summed E-state index contributed by atoms with van der Waals surface area (Å²) in [5, 5.41) is 3.98. The maximum absolute atomic E-state index is 12.4. The number of carbonyl (C=O) groups excluding carboxylic acids is 1. The summed E-state index contributed by atoms with van der Waals surface area (Å²) in [6.07, 6.45) is 1.46. The number of hydrogen-bond donors (Lipinski definition) is 0. The summed E-state index contributed by atoms with van der Waals surface area (Å²) in [6.45, 7) is 2.54. The first-order valence-electron chi connectivity index (χ1n) is 8.04. The van der Waals surface area contributed by atoms with Crippen molar-refractivity contribution in [2.75, 3.05) is 20.8 Å². The van der Waals surface area contributed by atoms with Crippen molar-refractivity contribution in [1.29, 1.82) is 0 Å². The largest absolute Gasteiger partial charge is 0.493 e. The number of furan rings is 1. The van der Waals surface area contributed by atoms with Gasteiger partial charge in [-0.05, 0) is 37.3 Å². The summed E-state index contributed by atoms with van der Waals surface area (Å²) in [5.41, 5.74) is 0.720. The van der Waals surface area contributed by atoms with Crippen LogP contribution in [0.15, 0.2) is 45.5 Å². The van der Waals surface area contributed by atoms with Crippen LogP contribution >= 0.6 is 0 Å². The molecule has 8 nitrogen and oxygen atoms in total. The van der Waals surface area contributed by atoms with E-state index in [1.807, 2.05) is 13.0 Å². The van der Waals surface area contributed by atoms with Crippen LogP contribution in [0.4, 0.5) is 0 Å². The molecule has 136 valence electrons. The standard InChI is InChI=1S/C18H19N3O5/c1-4-21(18(22)14-6-5-9-25-14)11-16-19-17(20-26-16)12-7-8-13(23-2)15(10-12)24-3/h5-10H,4,11H2,1-3H3. The van der Waals surface area contributed by atoms with E-state index in [4.69, 9.17) is 18.4 Å². The van der Waals surface area contributed by atoms with Crippen LogP contribution in [0.3, 0.4) is 0 Å². The van der Waals surface area contributed by atoms with Gasteiger partial charge in [-0.25, -0.2) is 0 Å². The molecule has 0 bridgehead atoms. The SMILES string of the molecule is CCN(Cc1nc(-c2ccc(OC)c(OC)c2)no1)C(=O)c1ccco1. The van der Waals surface area contributed by atoms with Crippen molar-refractivity contribution in [3.05, 3.63) is 48.2 Å². The minimum absolute atomic E-state index is 0.191. The number of amides is 1. The zero-order chi connectivity index (χ0) is 18.5. The van der Waals surface area contributed by atoms with E-state index in [9.17, 15) is 4.79 Å². The molecule has 1 aromatic carbocycles. The highest BCUT2D eigenvalue weighted by Crippen LogP contribution is 2.31. The van der Waals surface area contributed by atoms with Gasteiger partial charge in [0.25, 0.3) is 5.91 Å². The average molecular weight is 357 g/mol. The van der Waals surface area contributed by atoms with Crippen LogP contribution in [0.5, 0.6) is 11.5 Å². The van der Waals surface area contributed by atoms with Crippen LogP contribution in [0.25, 0.3) is 11.4 Å². The van der Waals surface area contributed by atoms with Gasteiger partial charge in [-0.1, -0.05) is 5.16 Å². The molecular weight excluding hydrogens is 338 g/mol. The fourth-order valence-electron chi connectivity index (χ4n) is 2.46. The summed E-state index contributed by atoms with van der Waals surface area (Å²) in [5.74, 6) is 1.95. The number of benzene rings is 1. The van der Waals surface area contributed by atoms with Crippen LogP contribution in [-0.2, 0) is 6.54 Å². The monoisotopic (exact) mass is 357 g/mol. The Balaban J connectivity index is 1.78. The topological polar surface area (TPSA) is 90.8 Å². The molecule has 0 aliphatic carbocycles. The highest BCUT2D eigenvalue weighted by Gasteiger charge is 2.20. The molecule has 0 radical (unpaired) electrons. The number of methoxy groups -OCH3 is 2. The first-order valence-corrected chi connectivity index (χ1v) is 8.04. The predicted molar refractivity (Wildman–Crippen MR) is 92.0 cm³/mol. The maximum atomic E-state index is 12.4. The van der Waals surface area contributed by atoms with Gasteiger partial charge in [-0.15, -0.1) is 0 Å². The molecular formula is C18H19N3O5. The van der Waals surface area contributed by atoms with Crippen molar-refractivity contribution in [3.63, 3.8) is 0 Å². The van der Waals surface area contributed by atoms with Gasteiger partial charge in [0.1, 0.15) is 6.54 Å². The fourth-order valence-corrected chi connectivity index (χ4v) is 2.46. The number of nitrogens with zero attached hydrogens (tertiary/aromatic N) is 3. The molecule has 2 aromatic heterocycles. The highest BCUT2D eigenvalue weighted by atomic mass is 16.5. The second kappa shape index (κ2) is 7.73. The molecule has 0 fully saturated rings. The number of rotatable bonds is 7. The first kappa shape index (κ1) is 17.5. The fraction of sp³-hybridized carbons (Fsp3) is 0.278. The maximum Gasteiger partial charge on any atom is 0.290 e. The van der Waals surface area contributed by atoms with Crippen molar-refractivity contribution in [2.45, 2.75) is 13.5 Å². The van der Waals surface area contributed by atoms with Crippen molar-refractivity contribution >= 4 is 5.91 Å². The molecule has 0 aliphatic heterocycles. The van der Waals surface area contributed by atoms with Crippen LogP contribution in [0, 0.1) is 0 Å². The molecule has 8 heteroatoms. The lowest BCUT2D eigenvalue weighted by atomic mass is 10.2. The van der Waals surface area contributed by atoms with Crippen molar-refractivity contribution in [2.24, 2.45) is 0 Å². The van der Waals surface area contributed by atoms with Gasteiger partial charge < -0.3 is 23.3 Å². The van der Waals surface area contributed by atoms with Gasteiger partial charge in [-0.2, -0.15) is 4.98 Å². The zero-order valence-corrected chi connectivity index (χ0v) is 14.8. The van der Waals surface area contributed by atoms with Gasteiger partial charge in [0, 0.05) is 12.1 Å². The summed E-state index contributed by atoms with van der Waals surface area (Å²) in [6, 6.07) is 8.63. The number of hydrogen-bond acceptors (Lipinski definition) is 7. The van der Waals surface area contributed by atoms with Crippen molar-refractivity contribution in [3.8, 4) is 22.9 Å². The van der Waals surface area contributed by atoms with E-state index in [1.54, 1.807) is 43.4 Å². The Morgan fingerprint density at radius 2 is 2.00 bits per heavy atom. The summed E-state index contributed by atoms with van der Waals surface area (Å²) in [4.78, 5) is 18.3. The Labute approximate surface area is 150 Å². The first-order chi connectivity index (χ1) is 12.7. The third-order valence-electron chi connectivity index (χ3n) is 3.84. The van der Waals surface area contributed by atoms with Gasteiger partial charge in [-0.3, -0.25) is 4.79 Å². The molecule has 2 heterocycles. The summed E-state index contributed by atoms with van der Waals surface area (Å²) >= 11 is 0. The van der Waals surface area contributed by atoms with Crippen LogP contribution < -0.4 is 9.47 Å². The quantitative estimate of drug-likeness (QED) is 0.642. The number of aromatic nitrogens is 2. The number of ether oxygens (including phenoxy) is 2. The molecule has 3 aromatic rings. The Morgan fingerprint density at radius 1 is 1.19 bits per heavy atom. The molecule has 0 aliphatic rings. The minimum atomic E-state index is -0.233. The molecule has 0 N–H and O–H groups in total. The summed E-state index contributed by atoms with van der Waals surface area (Å²) < 4.78 is 20.9. The van der Waals surface area contributed by atoms with E-state index in [0.717, 1.165) is 5.56 Å². The Hall–Kier alpha value is -3.29. The smallest absolute Gasteiger partial charge is 0.290 e. The van der Waals surface area contributed by atoms with Gasteiger partial charge in [0.2, 0.25) is 11.7 Å². The zero-order valence-electron chi connectivity index (χ0n) is 14.8. The van der Waals surface area contributed by atoms with Gasteiger partial charge in [0.05, 0.1) is 20.5 Å². The van der Waals surface area contributed by atoms with Crippen LogP contribution in [0.1, 0.15) is 23.4 Å². The Morgan fingerprint density at radius 3 is 2.65 bits per heavy atom. The van der Waals surface area contributed by atoms with E-state index < -0.39 is 0 Å². The Kier molecular flexibility index (Phi) is 5.21. The minimum Gasteiger partial charge on any atom is -0.493 e. The van der Waals surface area contributed by atoms with E-state index in [2.05, 4.69) is 10.1 Å². The Bertz CT molecular complexity index is 873. The molecule has 0 atom stereocenters. The third kappa shape index (κ3) is 3.53. The van der Waals surface area contributed by atoms with Crippen LogP contribution in [0.2, 0.25) is 0 Å². The average Bonchev–Trinajstić information content (AvgIpc) is 3.37. The predicted octanol–water partition coefficient (Wildman–Crippen LogP) is 3.01. The van der Waals surface area contributed by atoms with E-state index >= 15 is 0 Å². The molecule has 26 heavy (non-hydrogen) atoms.